The van der Waals surface area contributed by atoms with Gasteiger partial charge >= 0.3 is 12.2 Å². The van der Waals surface area contributed by atoms with Gasteiger partial charge < -0.3 is 30.1 Å². The van der Waals surface area contributed by atoms with E-state index in [0.29, 0.717) is 36.0 Å². The molecule has 2 amide bonds. The highest BCUT2D eigenvalue weighted by Crippen LogP contribution is 2.37. The van der Waals surface area contributed by atoms with Crippen LogP contribution in [0.3, 0.4) is 0 Å². The number of benzene rings is 2. The zero-order valence-electron chi connectivity index (χ0n) is 24.7. The van der Waals surface area contributed by atoms with Crippen molar-refractivity contribution in [3.05, 3.63) is 48.5 Å². The highest BCUT2D eigenvalue weighted by Gasteiger charge is 2.40. The Hall–Kier alpha value is -4.50. The second-order valence-corrected chi connectivity index (χ2v) is 11.7. The van der Waals surface area contributed by atoms with Crippen LogP contribution in [0, 0.1) is 0 Å². The first-order chi connectivity index (χ1) is 21.7. The molecule has 0 radical (unpaired) electrons. The molecule has 3 saturated heterocycles. The molecular weight excluding hydrogens is 589 g/mol. The standard InChI is InChI=1S/C30H33F3N10O2/c1-40-12-14-41(15-13-40)22-8-6-21(7-9-22)35-29(44)34-20-4-2-19(3-5-20)26-36-27-25(38-39-42(27)18-30(31,32)33)28(37-26)43-23-10-11-24(43)17-45-16-23/h2-9,23-24H,10-18H2,1H3,(H2,34,35,44). The number of aromatic nitrogens is 5. The molecule has 12 nitrogen and oxygen atoms in total. The SMILES string of the molecule is CN1CCN(c2ccc(NC(=O)Nc3ccc(-c4nc(N5C6CCC5COC6)c5nnn(CC(F)(F)F)c5n4)cc3)cc2)CC1. The summed E-state index contributed by atoms with van der Waals surface area (Å²) in [6.45, 7) is 3.65. The van der Waals surface area contributed by atoms with Gasteiger partial charge in [0.15, 0.2) is 22.8 Å². The fraction of sp³-hybridized carbons (Fsp3) is 0.433. The second-order valence-electron chi connectivity index (χ2n) is 11.7. The van der Waals surface area contributed by atoms with E-state index in [-0.39, 0.29) is 29.1 Å². The Labute approximate surface area is 257 Å². The summed E-state index contributed by atoms with van der Waals surface area (Å²) in [6, 6.07) is 14.3. The molecule has 2 bridgehead atoms. The Bertz CT molecular complexity index is 1650. The Morgan fingerprint density at radius 1 is 0.911 bits per heavy atom. The molecule has 3 aliphatic heterocycles. The average molecular weight is 623 g/mol. The van der Waals surface area contributed by atoms with Crippen LogP contribution in [0.4, 0.5) is 40.8 Å². The van der Waals surface area contributed by atoms with Gasteiger partial charge in [-0.15, -0.1) is 5.10 Å². The third-order valence-corrected chi connectivity index (χ3v) is 8.55. The number of likely N-dealkylation sites (N-methyl/N-ethyl adjacent to an activating group) is 1. The Balaban J connectivity index is 1.09. The molecule has 4 aromatic rings. The number of halogens is 3. The van der Waals surface area contributed by atoms with Crippen molar-refractivity contribution in [3.63, 3.8) is 0 Å². The smallest absolute Gasteiger partial charge is 0.377 e. The number of urea groups is 1. The lowest BCUT2D eigenvalue weighted by Gasteiger charge is -2.35. The molecule has 2 aromatic carbocycles. The van der Waals surface area contributed by atoms with Gasteiger partial charge in [0.05, 0.1) is 25.3 Å². The molecule has 15 heteroatoms. The monoisotopic (exact) mass is 622 g/mol. The summed E-state index contributed by atoms with van der Waals surface area (Å²) in [7, 11) is 2.12. The highest BCUT2D eigenvalue weighted by molar-refractivity contribution is 6.00. The van der Waals surface area contributed by atoms with E-state index in [9.17, 15) is 18.0 Å². The van der Waals surface area contributed by atoms with Crippen LogP contribution in [-0.2, 0) is 11.3 Å². The number of ether oxygens (including phenoxy) is 1. The number of rotatable bonds is 6. The molecule has 2 aromatic heterocycles. The molecule has 2 unspecified atom stereocenters. The van der Waals surface area contributed by atoms with Crippen molar-refractivity contribution in [3.8, 4) is 11.4 Å². The number of morpholine rings is 1. The lowest BCUT2D eigenvalue weighted by molar-refractivity contribution is -0.142. The molecule has 236 valence electrons. The van der Waals surface area contributed by atoms with E-state index >= 15 is 0 Å². The zero-order chi connectivity index (χ0) is 31.1. The number of amides is 2. The summed E-state index contributed by atoms with van der Waals surface area (Å²) in [4.78, 5) is 28.7. The van der Waals surface area contributed by atoms with Crippen LogP contribution in [0.5, 0.6) is 0 Å². The second kappa shape index (κ2) is 11.8. The van der Waals surface area contributed by atoms with Crippen LogP contribution in [-0.4, -0.2) is 101 Å². The third kappa shape index (κ3) is 6.22. The van der Waals surface area contributed by atoms with Gasteiger partial charge in [-0.25, -0.2) is 19.4 Å². The molecule has 0 saturated carbocycles. The van der Waals surface area contributed by atoms with Gasteiger partial charge in [0.2, 0.25) is 0 Å². The normalized spacial score (nSPS) is 20.5. The minimum Gasteiger partial charge on any atom is -0.377 e. The van der Waals surface area contributed by atoms with Crippen LogP contribution in [0.1, 0.15) is 12.8 Å². The first kappa shape index (κ1) is 29.2. The number of carbonyl (C=O) groups is 1. The lowest BCUT2D eigenvalue weighted by atomic mass is 10.2. The van der Waals surface area contributed by atoms with Crippen LogP contribution >= 0.6 is 0 Å². The molecule has 3 fully saturated rings. The van der Waals surface area contributed by atoms with Gasteiger partial charge in [-0.1, -0.05) is 5.21 Å². The summed E-state index contributed by atoms with van der Waals surface area (Å²) < 4.78 is 46.5. The van der Waals surface area contributed by atoms with Crippen molar-refractivity contribution in [2.45, 2.75) is 37.6 Å². The van der Waals surface area contributed by atoms with Gasteiger partial charge in [-0.2, -0.15) is 13.2 Å². The topological polar surface area (TPSA) is 117 Å². The van der Waals surface area contributed by atoms with E-state index in [1.54, 1.807) is 24.3 Å². The van der Waals surface area contributed by atoms with E-state index in [4.69, 9.17) is 9.72 Å². The molecular formula is C30H33F3N10O2. The van der Waals surface area contributed by atoms with Crippen LogP contribution in [0.15, 0.2) is 48.5 Å². The Kier molecular flexibility index (Phi) is 7.65. The van der Waals surface area contributed by atoms with Crippen molar-refractivity contribution in [2.24, 2.45) is 0 Å². The van der Waals surface area contributed by atoms with Gasteiger partial charge in [0.25, 0.3) is 0 Å². The molecule has 5 heterocycles. The maximum atomic E-state index is 13.4. The zero-order valence-corrected chi connectivity index (χ0v) is 24.7. The van der Waals surface area contributed by atoms with E-state index in [0.717, 1.165) is 49.4 Å². The number of hydrogen-bond donors (Lipinski definition) is 2. The fourth-order valence-electron chi connectivity index (χ4n) is 6.22. The number of alkyl halides is 3. The lowest BCUT2D eigenvalue weighted by Crippen LogP contribution is -2.46. The summed E-state index contributed by atoms with van der Waals surface area (Å²) in [6.07, 6.45) is -2.71. The third-order valence-electron chi connectivity index (χ3n) is 8.55. The Morgan fingerprint density at radius 2 is 1.53 bits per heavy atom. The quantitative estimate of drug-likeness (QED) is 0.326. The van der Waals surface area contributed by atoms with Crippen LogP contribution in [0.25, 0.3) is 22.6 Å². The van der Waals surface area contributed by atoms with E-state index in [1.807, 2.05) is 24.3 Å². The number of piperazine rings is 1. The van der Waals surface area contributed by atoms with E-state index in [1.165, 1.54) is 0 Å². The van der Waals surface area contributed by atoms with E-state index < -0.39 is 18.8 Å². The molecule has 0 spiro atoms. The first-order valence-corrected chi connectivity index (χ1v) is 15.0. The number of anilines is 4. The minimum absolute atomic E-state index is 0.0124. The van der Waals surface area contributed by atoms with Gasteiger partial charge in [-0.05, 0) is 68.4 Å². The molecule has 2 atom stereocenters. The largest absolute Gasteiger partial charge is 0.408 e. The Morgan fingerprint density at radius 3 is 2.16 bits per heavy atom. The number of fused-ring (bicyclic) bond motifs is 3. The molecule has 3 aliphatic rings. The summed E-state index contributed by atoms with van der Waals surface area (Å²) in [5.41, 5.74) is 3.13. The first-order valence-electron chi connectivity index (χ1n) is 15.0. The summed E-state index contributed by atoms with van der Waals surface area (Å²) >= 11 is 0. The van der Waals surface area contributed by atoms with Crippen molar-refractivity contribution < 1.29 is 22.7 Å². The minimum atomic E-state index is -4.50. The summed E-state index contributed by atoms with van der Waals surface area (Å²) in [5.74, 6) is 0.699. The van der Waals surface area contributed by atoms with Crippen molar-refractivity contribution in [2.75, 3.05) is 66.9 Å². The van der Waals surface area contributed by atoms with Crippen molar-refractivity contribution in [1.29, 1.82) is 0 Å². The van der Waals surface area contributed by atoms with E-state index in [2.05, 4.69) is 47.7 Å². The van der Waals surface area contributed by atoms with Crippen molar-refractivity contribution in [1.82, 2.24) is 29.9 Å². The molecule has 7 rings (SSSR count). The van der Waals surface area contributed by atoms with Gasteiger partial charge in [-0.3, -0.25) is 0 Å². The maximum Gasteiger partial charge on any atom is 0.408 e. The number of carbonyl (C=O) groups excluding carboxylic acids is 1. The molecule has 0 aliphatic carbocycles. The number of nitrogens with one attached hydrogen (secondary N) is 2. The van der Waals surface area contributed by atoms with Crippen molar-refractivity contribution >= 4 is 40.1 Å². The van der Waals surface area contributed by atoms with Gasteiger partial charge in [0.1, 0.15) is 6.54 Å². The highest BCUT2D eigenvalue weighted by atomic mass is 19.4. The molecule has 45 heavy (non-hydrogen) atoms. The maximum absolute atomic E-state index is 13.4. The van der Waals surface area contributed by atoms with Gasteiger partial charge in [0, 0.05) is 48.8 Å². The average Bonchev–Trinajstić information content (AvgIpc) is 3.52. The molecule has 2 N–H and O–H groups in total. The number of nitrogens with zero attached hydrogens (tertiary/aromatic N) is 8. The number of hydrogen-bond acceptors (Lipinski definition) is 9. The fourth-order valence-corrected chi connectivity index (χ4v) is 6.22. The summed E-state index contributed by atoms with van der Waals surface area (Å²) in [5, 5.41) is 13.5. The van der Waals surface area contributed by atoms with Crippen LogP contribution in [0.2, 0.25) is 0 Å². The predicted molar refractivity (Wildman–Crippen MR) is 164 cm³/mol. The predicted octanol–water partition coefficient (Wildman–Crippen LogP) is 4.21. The van der Waals surface area contributed by atoms with Crippen LogP contribution < -0.4 is 20.4 Å².